The highest BCUT2D eigenvalue weighted by atomic mass is 35.5. The first-order valence-electron chi connectivity index (χ1n) is 10.3. The van der Waals surface area contributed by atoms with E-state index in [1.807, 2.05) is 52.0 Å². The normalized spacial score (nSPS) is 12.9. The molecule has 4 nitrogen and oxygen atoms in total. The molecule has 0 radical (unpaired) electrons. The fourth-order valence-electron chi connectivity index (χ4n) is 3.20. The van der Waals surface area contributed by atoms with E-state index in [4.69, 9.17) is 23.2 Å². The van der Waals surface area contributed by atoms with Gasteiger partial charge < -0.3 is 10.2 Å². The topological polar surface area (TPSA) is 49.4 Å². The average molecular weight is 449 g/mol. The number of nitrogens with one attached hydrogen (secondary N) is 1. The van der Waals surface area contributed by atoms with Gasteiger partial charge in [0.05, 0.1) is 6.42 Å². The number of carbonyl (C=O) groups excluding carboxylic acids is 2. The van der Waals surface area contributed by atoms with Gasteiger partial charge in [0, 0.05) is 28.2 Å². The summed E-state index contributed by atoms with van der Waals surface area (Å²) >= 11 is 12.7. The summed E-state index contributed by atoms with van der Waals surface area (Å²) in [5.41, 5.74) is 2.68. The molecule has 0 unspecified atom stereocenters. The fraction of sp³-hybridized carbons (Fsp3) is 0.417. The molecule has 6 heteroatoms. The maximum absolute atomic E-state index is 13.3. The van der Waals surface area contributed by atoms with Crippen molar-refractivity contribution in [2.75, 3.05) is 0 Å². The number of rotatable bonds is 9. The molecule has 0 saturated carbocycles. The molecule has 0 heterocycles. The first-order chi connectivity index (χ1) is 14.3. The Kier molecular flexibility index (Phi) is 9.19. The average Bonchev–Trinajstić information content (AvgIpc) is 2.71. The molecule has 0 aliphatic rings. The molecule has 1 N–H and O–H groups in total. The van der Waals surface area contributed by atoms with Gasteiger partial charge in [0.25, 0.3) is 0 Å². The van der Waals surface area contributed by atoms with Crippen LogP contribution in [-0.2, 0) is 22.6 Å². The van der Waals surface area contributed by atoms with Crippen LogP contribution in [0.25, 0.3) is 0 Å². The first kappa shape index (κ1) is 24.2. The van der Waals surface area contributed by atoms with Crippen molar-refractivity contribution >= 4 is 35.0 Å². The van der Waals surface area contributed by atoms with Gasteiger partial charge in [-0.15, -0.1) is 0 Å². The van der Waals surface area contributed by atoms with Crippen LogP contribution in [0.2, 0.25) is 10.0 Å². The number of hydrogen-bond acceptors (Lipinski definition) is 2. The van der Waals surface area contributed by atoms with Crippen molar-refractivity contribution in [3.8, 4) is 0 Å². The quantitative estimate of drug-likeness (QED) is 0.545. The molecular weight excluding hydrogens is 419 g/mol. The van der Waals surface area contributed by atoms with Gasteiger partial charge in [-0.1, -0.05) is 72.9 Å². The van der Waals surface area contributed by atoms with Gasteiger partial charge >= 0.3 is 0 Å². The lowest BCUT2D eigenvalue weighted by Crippen LogP contribution is -2.51. The summed E-state index contributed by atoms with van der Waals surface area (Å²) in [5, 5.41) is 3.96. The van der Waals surface area contributed by atoms with E-state index in [2.05, 4.69) is 5.32 Å². The zero-order valence-corrected chi connectivity index (χ0v) is 19.6. The summed E-state index contributed by atoms with van der Waals surface area (Å²) in [4.78, 5) is 27.9. The highest BCUT2D eigenvalue weighted by molar-refractivity contribution is 6.36. The third-order valence-corrected chi connectivity index (χ3v) is 5.96. The van der Waals surface area contributed by atoms with Gasteiger partial charge in [0.2, 0.25) is 11.8 Å². The molecule has 0 fully saturated rings. The molecule has 0 saturated heterocycles. The van der Waals surface area contributed by atoms with Crippen LogP contribution in [-0.4, -0.2) is 28.8 Å². The second-order valence-corrected chi connectivity index (χ2v) is 8.44. The van der Waals surface area contributed by atoms with Crippen molar-refractivity contribution < 1.29 is 9.59 Å². The summed E-state index contributed by atoms with van der Waals surface area (Å²) in [6.45, 7) is 8.05. The van der Waals surface area contributed by atoms with Crippen LogP contribution in [0, 0.1) is 6.92 Å². The summed E-state index contributed by atoms with van der Waals surface area (Å²) in [6, 6.07) is 12.5. The molecule has 30 heavy (non-hydrogen) atoms. The molecule has 0 aliphatic carbocycles. The second kappa shape index (κ2) is 11.4. The number of nitrogens with zero attached hydrogens (tertiary/aromatic N) is 1. The van der Waals surface area contributed by atoms with Gasteiger partial charge in [0.1, 0.15) is 6.04 Å². The summed E-state index contributed by atoms with van der Waals surface area (Å²) < 4.78 is 0. The van der Waals surface area contributed by atoms with Crippen molar-refractivity contribution in [2.24, 2.45) is 0 Å². The summed E-state index contributed by atoms with van der Waals surface area (Å²) in [5.74, 6) is -0.298. The zero-order valence-electron chi connectivity index (χ0n) is 18.0. The Morgan fingerprint density at radius 1 is 1.00 bits per heavy atom. The Labute approximate surface area is 189 Å². The fourth-order valence-corrected chi connectivity index (χ4v) is 3.71. The lowest BCUT2D eigenvalue weighted by atomic mass is 10.1. The smallest absolute Gasteiger partial charge is 0.243 e. The van der Waals surface area contributed by atoms with Crippen molar-refractivity contribution in [3.05, 3.63) is 69.2 Å². The van der Waals surface area contributed by atoms with Gasteiger partial charge in [-0.3, -0.25) is 9.59 Å². The minimum atomic E-state index is -0.607. The molecular formula is C24H30Cl2N2O2. The maximum atomic E-state index is 13.3. The lowest BCUT2D eigenvalue weighted by molar-refractivity contribution is -0.141. The highest BCUT2D eigenvalue weighted by Gasteiger charge is 2.30. The number of halogens is 2. The first-order valence-corrected chi connectivity index (χ1v) is 11.1. The van der Waals surface area contributed by atoms with E-state index in [0.29, 0.717) is 22.0 Å². The van der Waals surface area contributed by atoms with Crippen LogP contribution in [0.3, 0.4) is 0 Å². The van der Waals surface area contributed by atoms with Crippen molar-refractivity contribution in [2.45, 2.75) is 65.6 Å². The molecule has 0 spiro atoms. The number of carbonyl (C=O) groups is 2. The Morgan fingerprint density at radius 2 is 1.60 bits per heavy atom. The number of aryl methyl sites for hydroxylation is 1. The van der Waals surface area contributed by atoms with Crippen molar-refractivity contribution in [3.63, 3.8) is 0 Å². The van der Waals surface area contributed by atoms with Gasteiger partial charge in [-0.2, -0.15) is 0 Å². The lowest BCUT2D eigenvalue weighted by Gasteiger charge is -2.32. The number of amides is 2. The standard InChI is InChI=1S/C24H30Cl2N2O2/c1-5-17(4)27-24(30)22(6-2)28(15-19-20(25)8-7-9-21(19)26)23(29)14-18-12-10-16(3)11-13-18/h7-13,17,22H,5-6,14-15H2,1-4H3,(H,27,30)/t17-,22+/m0/s1. The maximum Gasteiger partial charge on any atom is 0.243 e. The predicted octanol–water partition coefficient (Wildman–Crippen LogP) is 5.57. The van der Waals surface area contributed by atoms with Crippen molar-refractivity contribution in [1.29, 1.82) is 0 Å². The Hall–Kier alpha value is -2.04. The van der Waals surface area contributed by atoms with E-state index in [1.54, 1.807) is 23.1 Å². The molecule has 0 bridgehead atoms. The highest BCUT2D eigenvalue weighted by Crippen LogP contribution is 2.27. The summed E-state index contributed by atoms with van der Waals surface area (Å²) in [6.07, 6.45) is 1.51. The van der Waals surface area contributed by atoms with Gasteiger partial charge in [0.15, 0.2) is 0 Å². The molecule has 0 aromatic heterocycles. The molecule has 2 atom stereocenters. The van der Waals surface area contributed by atoms with Gasteiger partial charge in [-0.05, 0) is 44.4 Å². The van der Waals surface area contributed by atoms with E-state index in [-0.39, 0.29) is 30.8 Å². The Bertz CT molecular complexity index is 848. The van der Waals surface area contributed by atoms with Crippen LogP contribution < -0.4 is 5.32 Å². The SMILES string of the molecule is CC[C@H](C(=O)N[C@@H](C)CC)N(Cc1c(Cl)cccc1Cl)C(=O)Cc1ccc(C)cc1. The van der Waals surface area contributed by atoms with E-state index >= 15 is 0 Å². The molecule has 2 rings (SSSR count). The summed E-state index contributed by atoms with van der Waals surface area (Å²) in [7, 11) is 0. The number of hydrogen-bond donors (Lipinski definition) is 1. The second-order valence-electron chi connectivity index (χ2n) is 7.63. The van der Waals surface area contributed by atoms with E-state index in [0.717, 1.165) is 17.5 Å². The minimum Gasteiger partial charge on any atom is -0.352 e. The number of benzene rings is 2. The molecule has 2 aromatic rings. The van der Waals surface area contributed by atoms with Crippen molar-refractivity contribution in [1.82, 2.24) is 10.2 Å². The van der Waals surface area contributed by atoms with E-state index in [9.17, 15) is 9.59 Å². The third kappa shape index (κ3) is 6.48. The Morgan fingerprint density at radius 3 is 2.13 bits per heavy atom. The third-order valence-electron chi connectivity index (χ3n) is 5.25. The largest absolute Gasteiger partial charge is 0.352 e. The van der Waals surface area contributed by atoms with E-state index in [1.165, 1.54) is 0 Å². The van der Waals surface area contributed by atoms with Crippen LogP contribution in [0.4, 0.5) is 0 Å². The monoisotopic (exact) mass is 448 g/mol. The minimum absolute atomic E-state index is 0.0319. The molecule has 162 valence electrons. The molecule has 2 aromatic carbocycles. The van der Waals surface area contributed by atoms with Crippen LogP contribution in [0.5, 0.6) is 0 Å². The van der Waals surface area contributed by atoms with Crippen LogP contribution >= 0.6 is 23.2 Å². The zero-order chi connectivity index (χ0) is 22.3. The molecule has 0 aliphatic heterocycles. The van der Waals surface area contributed by atoms with Gasteiger partial charge in [-0.25, -0.2) is 0 Å². The van der Waals surface area contributed by atoms with E-state index < -0.39 is 6.04 Å². The van der Waals surface area contributed by atoms with Crippen LogP contribution in [0.1, 0.15) is 50.3 Å². The predicted molar refractivity (Wildman–Crippen MR) is 124 cm³/mol. The van der Waals surface area contributed by atoms with Crippen LogP contribution in [0.15, 0.2) is 42.5 Å². The molecule has 2 amide bonds. The Balaban J connectivity index is 2.35.